The Morgan fingerprint density at radius 3 is 1.41 bits per heavy atom. The zero-order valence-electron chi connectivity index (χ0n) is 46.8. The third-order valence-corrected chi connectivity index (χ3v) is 13.8. The first-order valence-electron chi connectivity index (χ1n) is 27.5. The number of esters is 1. The Kier molecular flexibility index (Phi) is 31.6. The standard InChI is InChI=1S/C54H96N8O12/c1-13-34(10)22-20-18-16-17-19-21-23-37-29-44(64)56-38(24-25-43(55)63)48(67)57-39(26-31(4)5)49(68)58-40(27-32(6)7)51(70)61-46(35(11)14-2)53(72)60-42(30-45(65)66)50(69)59-41(28-33(8)9)52(71)62-47(36(12)15-3)54(73)74-37/h31-42,46-47H,13-30H2,1-12H3,(H2,55,63)(H,56,64)(H,57,67)(H,58,68)(H,59,69)(H,60,72)(H,61,70)(H,62,71)(H,65,66)/t34-,35-,36-,37+,38-,39-,40+,41-,42-,46-,47-/m0/s1. The van der Waals surface area contributed by atoms with Gasteiger partial charge in [-0.15, -0.1) is 0 Å². The number of nitrogens with one attached hydrogen (secondary N) is 7. The number of carboxylic acids is 1. The summed E-state index contributed by atoms with van der Waals surface area (Å²) in [6, 6.07) is -9.48. The van der Waals surface area contributed by atoms with Crippen molar-refractivity contribution < 1.29 is 57.8 Å². The highest BCUT2D eigenvalue weighted by Gasteiger charge is 2.38. The monoisotopic (exact) mass is 1050 g/mol. The maximum atomic E-state index is 14.3. The molecule has 0 aromatic carbocycles. The Bertz CT molecular complexity index is 1830. The molecule has 1 aliphatic heterocycles. The van der Waals surface area contributed by atoms with Crippen LogP contribution in [0.2, 0.25) is 0 Å². The van der Waals surface area contributed by atoms with Crippen molar-refractivity contribution in [2.24, 2.45) is 41.2 Å². The third kappa shape index (κ3) is 26.3. The van der Waals surface area contributed by atoms with E-state index in [1.807, 2.05) is 34.6 Å². The summed E-state index contributed by atoms with van der Waals surface area (Å²) in [5.74, 6) is -9.64. The van der Waals surface area contributed by atoms with Gasteiger partial charge in [-0.2, -0.15) is 0 Å². The fraction of sp³-hybridized carbons (Fsp3) is 0.815. The van der Waals surface area contributed by atoms with Crippen molar-refractivity contribution in [3.05, 3.63) is 0 Å². The molecule has 8 amide bonds. The van der Waals surface area contributed by atoms with Crippen LogP contribution in [0.4, 0.5) is 0 Å². The van der Waals surface area contributed by atoms with Gasteiger partial charge in [0.25, 0.3) is 0 Å². The SMILES string of the molecule is CC[C@H](C)CCCCCCCC[C@@H]1CC(=O)N[C@@H](CCC(N)=O)C(=O)N[C@@H](CC(C)C)C(=O)N[C@H](CC(C)C)C(=O)N[C@@H]([C@@H](C)CC)C(=O)N[C@@H](CC(=O)O)C(=O)N[C@@H](CC(C)C)C(=O)N[C@@H]([C@@H](C)CC)C(=O)O1. The molecule has 10 N–H and O–H groups in total. The number of rotatable bonds is 25. The Labute approximate surface area is 441 Å². The number of aliphatic carboxylic acids is 1. The molecule has 20 heteroatoms. The van der Waals surface area contributed by atoms with Gasteiger partial charge in [0.05, 0.1) is 12.8 Å². The van der Waals surface area contributed by atoms with Crippen LogP contribution in [0.1, 0.15) is 199 Å². The van der Waals surface area contributed by atoms with Gasteiger partial charge in [0.1, 0.15) is 48.4 Å². The van der Waals surface area contributed by atoms with Crippen molar-refractivity contribution in [3.8, 4) is 0 Å². The number of hydrogen-bond acceptors (Lipinski definition) is 11. The van der Waals surface area contributed by atoms with E-state index >= 15 is 0 Å². The fourth-order valence-electron chi connectivity index (χ4n) is 8.68. The van der Waals surface area contributed by atoms with Gasteiger partial charge in [-0.1, -0.05) is 141 Å². The first-order valence-corrected chi connectivity index (χ1v) is 27.5. The van der Waals surface area contributed by atoms with Crippen molar-refractivity contribution in [1.82, 2.24) is 37.2 Å². The van der Waals surface area contributed by atoms with Crippen molar-refractivity contribution in [2.45, 2.75) is 247 Å². The molecular formula is C54H96N8O12. The molecule has 20 nitrogen and oxygen atoms in total. The molecule has 1 saturated heterocycles. The molecular weight excluding hydrogens is 953 g/mol. The quantitative estimate of drug-likeness (QED) is 0.0439. The van der Waals surface area contributed by atoms with Crippen LogP contribution in [0, 0.1) is 35.5 Å². The maximum Gasteiger partial charge on any atom is 0.329 e. The first kappa shape index (κ1) is 66.7. The van der Waals surface area contributed by atoms with Crippen molar-refractivity contribution >= 4 is 59.2 Å². The first-order chi connectivity index (χ1) is 34.7. The average molecular weight is 1050 g/mol. The van der Waals surface area contributed by atoms with Crippen LogP contribution >= 0.6 is 0 Å². The number of unbranched alkanes of at least 4 members (excludes halogenated alkanes) is 5. The molecule has 0 aliphatic carbocycles. The molecule has 1 aliphatic rings. The van der Waals surface area contributed by atoms with Gasteiger partial charge >= 0.3 is 11.9 Å². The molecule has 1 heterocycles. The van der Waals surface area contributed by atoms with Crippen molar-refractivity contribution in [1.29, 1.82) is 0 Å². The van der Waals surface area contributed by atoms with Crippen LogP contribution in [0.15, 0.2) is 0 Å². The highest BCUT2D eigenvalue weighted by atomic mass is 16.5. The topological polar surface area (TPSA) is 310 Å². The van der Waals surface area contributed by atoms with Crippen LogP contribution in [-0.2, 0) is 52.7 Å². The summed E-state index contributed by atoms with van der Waals surface area (Å²) in [4.78, 5) is 138. The van der Waals surface area contributed by atoms with Crippen LogP contribution in [-0.4, -0.2) is 113 Å². The van der Waals surface area contributed by atoms with Crippen LogP contribution in [0.5, 0.6) is 0 Å². The molecule has 74 heavy (non-hydrogen) atoms. The summed E-state index contributed by atoms with van der Waals surface area (Å²) in [6.07, 6.45) is 6.18. The van der Waals surface area contributed by atoms with E-state index in [4.69, 9.17) is 10.5 Å². The highest BCUT2D eigenvalue weighted by molar-refractivity contribution is 5.98. The van der Waals surface area contributed by atoms with Gasteiger partial charge in [-0.05, 0) is 74.0 Å². The summed E-state index contributed by atoms with van der Waals surface area (Å²) in [5.41, 5.74) is 5.50. The molecule has 0 bridgehead atoms. The van der Waals surface area contributed by atoms with Gasteiger partial charge in [-0.3, -0.25) is 43.2 Å². The predicted octanol–water partition coefficient (Wildman–Crippen LogP) is 4.83. The summed E-state index contributed by atoms with van der Waals surface area (Å²) in [6.45, 7) is 22.3. The largest absolute Gasteiger partial charge is 0.481 e. The molecule has 1 fully saturated rings. The number of carboxylic acid groups (broad SMARTS) is 1. The van der Waals surface area contributed by atoms with Gasteiger partial charge in [-0.25, -0.2) is 4.79 Å². The van der Waals surface area contributed by atoms with Crippen LogP contribution < -0.4 is 43.0 Å². The number of nitrogens with two attached hydrogens (primary N) is 1. The fourth-order valence-corrected chi connectivity index (χ4v) is 8.68. The summed E-state index contributed by atoms with van der Waals surface area (Å²) in [5, 5.41) is 28.6. The maximum absolute atomic E-state index is 14.3. The molecule has 0 radical (unpaired) electrons. The molecule has 0 spiro atoms. The van der Waals surface area contributed by atoms with E-state index in [9.17, 15) is 53.1 Å². The minimum atomic E-state index is -1.72. The molecule has 0 unspecified atom stereocenters. The highest BCUT2D eigenvalue weighted by Crippen LogP contribution is 2.20. The van der Waals surface area contributed by atoms with Crippen molar-refractivity contribution in [2.75, 3.05) is 0 Å². The molecule has 0 aromatic heterocycles. The van der Waals surface area contributed by atoms with E-state index in [1.165, 1.54) is 0 Å². The number of amides is 8. The lowest BCUT2D eigenvalue weighted by Gasteiger charge is -2.30. The van der Waals surface area contributed by atoms with Gasteiger partial charge < -0.3 is 52.8 Å². The number of ether oxygens (including phenoxy) is 1. The summed E-state index contributed by atoms with van der Waals surface area (Å²) in [7, 11) is 0. The number of hydrogen-bond donors (Lipinski definition) is 9. The summed E-state index contributed by atoms with van der Waals surface area (Å²) < 4.78 is 6.09. The Morgan fingerprint density at radius 1 is 0.527 bits per heavy atom. The smallest absolute Gasteiger partial charge is 0.329 e. The second-order valence-electron chi connectivity index (χ2n) is 22.1. The molecule has 0 saturated carbocycles. The zero-order chi connectivity index (χ0) is 56.2. The number of carbonyl (C=O) groups excluding carboxylic acids is 9. The van der Waals surface area contributed by atoms with E-state index in [-0.39, 0.29) is 56.3 Å². The van der Waals surface area contributed by atoms with E-state index in [0.29, 0.717) is 25.2 Å². The minimum Gasteiger partial charge on any atom is -0.481 e. The third-order valence-electron chi connectivity index (χ3n) is 13.8. The van der Waals surface area contributed by atoms with E-state index in [2.05, 4.69) is 51.1 Å². The second kappa shape index (κ2) is 35.0. The molecule has 11 atom stereocenters. The number of cyclic esters (lactones) is 1. The lowest BCUT2D eigenvalue weighted by atomic mass is 9.95. The lowest BCUT2D eigenvalue weighted by molar-refractivity contribution is -0.156. The van der Waals surface area contributed by atoms with Gasteiger partial charge in [0.15, 0.2) is 0 Å². The van der Waals surface area contributed by atoms with Gasteiger partial charge in [0, 0.05) is 6.42 Å². The van der Waals surface area contributed by atoms with Crippen LogP contribution in [0.25, 0.3) is 0 Å². The molecule has 0 aromatic rings. The minimum absolute atomic E-state index is 0.0467. The lowest BCUT2D eigenvalue weighted by Crippen LogP contribution is -2.61. The van der Waals surface area contributed by atoms with Crippen LogP contribution in [0.3, 0.4) is 0 Å². The molecule has 424 valence electrons. The number of primary amides is 1. The summed E-state index contributed by atoms with van der Waals surface area (Å²) >= 11 is 0. The van der Waals surface area contributed by atoms with Gasteiger partial charge in [0.2, 0.25) is 47.3 Å². The van der Waals surface area contributed by atoms with E-state index in [0.717, 1.165) is 44.9 Å². The molecule has 1 rings (SSSR count). The van der Waals surface area contributed by atoms with E-state index in [1.54, 1.807) is 34.6 Å². The Hall–Kier alpha value is -5.30. The Balaban J connectivity index is 4.01. The average Bonchev–Trinajstić information content (AvgIpc) is 3.31. The van der Waals surface area contributed by atoms with Crippen molar-refractivity contribution in [3.63, 3.8) is 0 Å². The normalized spacial score (nSPS) is 25.0. The Morgan fingerprint density at radius 2 is 0.946 bits per heavy atom. The number of carbonyl (C=O) groups is 10. The second-order valence-corrected chi connectivity index (χ2v) is 22.1. The van der Waals surface area contributed by atoms with E-state index < -0.39 is 132 Å². The predicted molar refractivity (Wildman–Crippen MR) is 282 cm³/mol. The zero-order valence-corrected chi connectivity index (χ0v) is 46.8.